The lowest BCUT2D eigenvalue weighted by Crippen LogP contribution is -2.40. The normalized spacial score (nSPS) is 19.3. The minimum absolute atomic E-state index is 0.0675. The fourth-order valence-corrected chi connectivity index (χ4v) is 3.99. The van der Waals surface area contributed by atoms with Gasteiger partial charge >= 0.3 is 6.03 Å². The van der Waals surface area contributed by atoms with E-state index in [1.165, 1.54) is 23.2 Å². The smallest absolute Gasteiger partial charge is 0.319 e. The van der Waals surface area contributed by atoms with Gasteiger partial charge in [0.2, 0.25) is 5.91 Å². The lowest BCUT2D eigenvalue weighted by molar-refractivity contribution is -0.131. The summed E-state index contributed by atoms with van der Waals surface area (Å²) < 4.78 is 0. The number of amides is 4. The molecule has 142 valence electrons. The van der Waals surface area contributed by atoms with Gasteiger partial charge in [-0.3, -0.25) is 19.4 Å². The summed E-state index contributed by atoms with van der Waals surface area (Å²) in [5.41, 5.74) is 1.29. The van der Waals surface area contributed by atoms with Crippen LogP contribution in [-0.4, -0.2) is 34.3 Å². The predicted molar refractivity (Wildman–Crippen MR) is 103 cm³/mol. The summed E-state index contributed by atoms with van der Waals surface area (Å²) >= 11 is 1.32. The predicted octanol–water partition coefficient (Wildman–Crippen LogP) is 2.79. The first-order chi connectivity index (χ1) is 12.8. The minimum Gasteiger partial charge on any atom is -0.319 e. The van der Waals surface area contributed by atoms with Gasteiger partial charge in [-0.25, -0.2) is 9.78 Å². The second-order valence-electron chi connectivity index (χ2n) is 6.70. The molecule has 1 aromatic carbocycles. The van der Waals surface area contributed by atoms with E-state index in [9.17, 15) is 14.4 Å². The third-order valence-electron chi connectivity index (χ3n) is 4.69. The van der Waals surface area contributed by atoms with E-state index in [0.717, 1.165) is 11.1 Å². The maximum atomic E-state index is 13.0. The van der Waals surface area contributed by atoms with Crippen molar-refractivity contribution in [2.45, 2.75) is 39.8 Å². The number of imide groups is 1. The number of nitrogens with zero attached hydrogens (tertiary/aromatic N) is 3. The molecule has 3 rings (SSSR count). The number of aromatic nitrogens is 1. The molecule has 27 heavy (non-hydrogen) atoms. The molecule has 0 aliphatic carbocycles. The first-order valence-electron chi connectivity index (χ1n) is 8.70. The number of carbonyl (C=O) groups is 3. The van der Waals surface area contributed by atoms with Crippen LogP contribution in [-0.2, 0) is 21.7 Å². The van der Waals surface area contributed by atoms with E-state index in [1.54, 1.807) is 17.2 Å². The molecule has 4 amide bonds. The Bertz CT molecular complexity index is 893. The zero-order valence-corrected chi connectivity index (χ0v) is 16.6. The van der Waals surface area contributed by atoms with Gasteiger partial charge in [-0.15, -0.1) is 11.3 Å². The van der Waals surface area contributed by atoms with Gasteiger partial charge in [0.25, 0.3) is 5.91 Å². The van der Waals surface area contributed by atoms with E-state index in [1.807, 2.05) is 38.1 Å². The number of benzene rings is 1. The van der Waals surface area contributed by atoms with E-state index in [-0.39, 0.29) is 18.4 Å². The molecule has 0 saturated carbocycles. The van der Waals surface area contributed by atoms with Crippen molar-refractivity contribution in [1.82, 2.24) is 15.2 Å². The topological polar surface area (TPSA) is 82.6 Å². The van der Waals surface area contributed by atoms with Crippen molar-refractivity contribution in [3.63, 3.8) is 0 Å². The van der Waals surface area contributed by atoms with Crippen molar-refractivity contribution in [3.05, 3.63) is 46.5 Å². The van der Waals surface area contributed by atoms with Crippen molar-refractivity contribution < 1.29 is 14.4 Å². The van der Waals surface area contributed by atoms with Crippen molar-refractivity contribution >= 4 is 34.3 Å². The summed E-state index contributed by atoms with van der Waals surface area (Å²) in [5.74, 6) is -0.412. The van der Waals surface area contributed by atoms with Crippen molar-refractivity contribution in [3.8, 4) is 0 Å². The van der Waals surface area contributed by atoms with Crippen molar-refractivity contribution in [2.24, 2.45) is 0 Å². The molecule has 0 bridgehead atoms. The molecule has 1 unspecified atom stereocenters. The number of rotatable bonds is 5. The van der Waals surface area contributed by atoms with Crippen LogP contribution in [0.3, 0.4) is 0 Å². The SMILES string of the molecule is CCN(C(C)=O)c1nc(CN2C(=O)NC(C)(c3ccc(C)cc3)C2=O)cs1. The molecular weight excluding hydrogens is 364 g/mol. The third kappa shape index (κ3) is 3.44. The number of anilines is 1. The number of thiazole rings is 1. The molecule has 1 N–H and O–H groups in total. The summed E-state index contributed by atoms with van der Waals surface area (Å²) in [6, 6.07) is 7.08. The molecule has 1 fully saturated rings. The second kappa shape index (κ2) is 7.11. The summed E-state index contributed by atoms with van der Waals surface area (Å²) in [6.45, 7) is 7.60. The molecule has 7 nitrogen and oxygen atoms in total. The summed E-state index contributed by atoms with van der Waals surface area (Å²) in [5, 5.41) is 5.12. The summed E-state index contributed by atoms with van der Waals surface area (Å²) in [4.78, 5) is 44.2. The number of nitrogens with one attached hydrogen (secondary N) is 1. The minimum atomic E-state index is -1.10. The number of aryl methyl sites for hydroxylation is 1. The van der Waals surface area contributed by atoms with Crippen LogP contribution in [0.4, 0.5) is 9.93 Å². The summed E-state index contributed by atoms with van der Waals surface area (Å²) in [6.07, 6.45) is 0. The van der Waals surface area contributed by atoms with Crippen LogP contribution in [0.2, 0.25) is 0 Å². The lowest BCUT2D eigenvalue weighted by Gasteiger charge is -2.22. The number of hydrogen-bond donors (Lipinski definition) is 1. The Labute approximate surface area is 162 Å². The van der Waals surface area contributed by atoms with E-state index in [0.29, 0.717) is 17.4 Å². The molecule has 2 aromatic rings. The Morgan fingerprint density at radius 3 is 2.56 bits per heavy atom. The van der Waals surface area contributed by atoms with Gasteiger partial charge in [0.1, 0.15) is 5.54 Å². The molecule has 1 aliphatic heterocycles. The Balaban J connectivity index is 1.81. The van der Waals surface area contributed by atoms with Crippen LogP contribution in [0.5, 0.6) is 0 Å². The lowest BCUT2D eigenvalue weighted by atomic mass is 9.91. The highest BCUT2D eigenvalue weighted by Crippen LogP contribution is 2.30. The molecule has 0 spiro atoms. The third-order valence-corrected chi connectivity index (χ3v) is 5.60. The maximum absolute atomic E-state index is 13.0. The highest BCUT2D eigenvalue weighted by atomic mass is 32.1. The van der Waals surface area contributed by atoms with Gasteiger partial charge in [-0.1, -0.05) is 29.8 Å². The van der Waals surface area contributed by atoms with Crippen molar-refractivity contribution in [2.75, 3.05) is 11.4 Å². The van der Waals surface area contributed by atoms with Gasteiger partial charge < -0.3 is 5.32 Å². The molecule has 1 atom stereocenters. The van der Waals surface area contributed by atoms with E-state index in [4.69, 9.17) is 0 Å². The van der Waals surface area contributed by atoms with Gasteiger partial charge in [-0.05, 0) is 26.3 Å². The molecule has 8 heteroatoms. The molecule has 2 heterocycles. The highest BCUT2D eigenvalue weighted by Gasteiger charge is 2.49. The Morgan fingerprint density at radius 2 is 1.96 bits per heavy atom. The maximum Gasteiger partial charge on any atom is 0.325 e. The highest BCUT2D eigenvalue weighted by molar-refractivity contribution is 7.14. The van der Waals surface area contributed by atoms with Gasteiger partial charge in [0, 0.05) is 18.8 Å². The molecule has 0 radical (unpaired) electrons. The van der Waals surface area contributed by atoms with E-state index in [2.05, 4.69) is 10.3 Å². The van der Waals surface area contributed by atoms with Crippen LogP contribution in [0, 0.1) is 6.92 Å². The van der Waals surface area contributed by atoms with Crippen molar-refractivity contribution in [1.29, 1.82) is 0 Å². The van der Waals surface area contributed by atoms with E-state index >= 15 is 0 Å². The first-order valence-corrected chi connectivity index (χ1v) is 9.58. The molecular formula is C19H22N4O3S. The summed E-state index contributed by atoms with van der Waals surface area (Å²) in [7, 11) is 0. The van der Waals surface area contributed by atoms with Crippen LogP contribution in [0.25, 0.3) is 0 Å². The average Bonchev–Trinajstić information content (AvgIpc) is 3.15. The quantitative estimate of drug-likeness (QED) is 0.801. The zero-order valence-electron chi connectivity index (χ0n) is 15.8. The number of urea groups is 1. The van der Waals surface area contributed by atoms with Gasteiger partial charge in [-0.2, -0.15) is 0 Å². The number of carbonyl (C=O) groups excluding carboxylic acids is 3. The fourth-order valence-electron chi connectivity index (χ4n) is 3.07. The average molecular weight is 386 g/mol. The molecule has 1 aromatic heterocycles. The largest absolute Gasteiger partial charge is 0.325 e. The monoisotopic (exact) mass is 386 g/mol. The molecule has 1 aliphatic rings. The fraction of sp³-hybridized carbons (Fsp3) is 0.368. The zero-order chi connectivity index (χ0) is 19.8. The second-order valence-corrected chi connectivity index (χ2v) is 7.53. The van der Waals surface area contributed by atoms with Crippen LogP contribution >= 0.6 is 11.3 Å². The Hall–Kier alpha value is -2.74. The van der Waals surface area contributed by atoms with Crippen LogP contribution < -0.4 is 10.2 Å². The van der Waals surface area contributed by atoms with Crippen LogP contribution in [0.1, 0.15) is 37.6 Å². The van der Waals surface area contributed by atoms with E-state index < -0.39 is 11.6 Å². The number of hydrogen-bond acceptors (Lipinski definition) is 5. The van der Waals surface area contributed by atoms with Gasteiger partial charge in [0.05, 0.1) is 12.2 Å². The van der Waals surface area contributed by atoms with Gasteiger partial charge in [0.15, 0.2) is 5.13 Å². The molecule has 1 saturated heterocycles. The first kappa shape index (κ1) is 19.0. The standard InChI is InChI=1S/C19H22N4O3S/c1-5-22(13(3)24)18-20-15(11-27-18)10-23-16(25)19(4,21-17(23)26)14-8-6-12(2)7-9-14/h6-9,11H,5,10H2,1-4H3,(H,21,26). The Morgan fingerprint density at radius 1 is 1.30 bits per heavy atom. The Kier molecular flexibility index (Phi) is 5.01. The van der Waals surface area contributed by atoms with Crippen LogP contribution in [0.15, 0.2) is 29.6 Å².